The average Bonchev–Trinajstić information content (AvgIpc) is 2.80. The molecule has 2 aromatic rings. The summed E-state index contributed by atoms with van der Waals surface area (Å²) in [6, 6.07) is 10.5. The highest BCUT2D eigenvalue weighted by Gasteiger charge is 2.36. The van der Waals surface area contributed by atoms with Gasteiger partial charge in [0.15, 0.2) is 11.5 Å². The van der Waals surface area contributed by atoms with Crippen LogP contribution in [0, 0.1) is 11.7 Å². The molecule has 3 rings (SSSR count). The smallest absolute Gasteiger partial charge is 0.246 e. The van der Waals surface area contributed by atoms with Gasteiger partial charge in [-0.2, -0.15) is 4.31 Å². The molecule has 1 fully saturated rings. The number of methoxy groups -OCH3 is 2. The second kappa shape index (κ2) is 12.1. The maximum atomic E-state index is 12.9. The second-order valence-corrected chi connectivity index (χ2v) is 10.1. The lowest BCUT2D eigenvalue weighted by molar-refractivity contribution is -0.126. The summed E-state index contributed by atoms with van der Waals surface area (Å²) in [5.41, 5.74) is 0.803. The molecule has 0 aliphatic carbocycles. The Kier molecular flexibility index (Phi) is 9.26. The quantitative estimate of drug-likeness (QED) is 0.431. The minimum Gasteiger partial charge on any atom is -0.493 e. The molecule has 0 bridgehead atoms. The van der Waals surface area contributed by atoms with Crippen molar-refractivity contribution < 1.29 is 31.8 Å². The summed E-state index contributed by atoms with van der Waals surface area (Å²) in [6.45, 7) is 1.71. The summed E-state index contributed by atoms with van der Waals surface area (Å²) in [5.74, 6) is 0.663. The van der Waals surface area contributed by atoms with Crippen LogP contribution in [0.3, 0.4) is 0 Å². The van der Waals surface area contributed by atoms with E-state index in [4.69, 9.17) is 14.2 Å². The van der Waals surface area contributed by atoms with Crippen LogP contribution in [0.2, 0.25) is 0 Å². The van der Waals surface area contributed by atoms with Crippen LogP contribution in [0.15, 0.2) is 47.4 Å². The Hall–Kier alpha value is -2.69. The van der Waals surface area contributed by atoms with E-state index in [2.05, 4.69) is 5.32 Å². The highest BCUT2D eigenvalue weighted by atomic mass is 32.2. The number of hydrogen-bond donors (Lipinski definition) is 1. The van der Waals surface area contributed by atoms with Gasteiger partial charge in [-0.05, 0) is 48.6 Å². The highest BCUT2D eigenvalue weighted by Crippen LogP contribution is 2.33. The van der Waals surface area contributed by atoms with Gasteiger partial charge in [0.1, 0.15) is 12.4 Å². The summed E-state index contributed by atoms with van der Waals surface area (Å²) in [7, 11) is -0.591. The lowest BCUT2D eigenvalue weighted by Gasteiger charge is -2.38. The number of unbranched alkanes of at least 4 members (excludes halogenated alkanes) is 1. The number of nitrogens with zero attached hydrogens (tertiary/aromatic N) is 1. The largest absolute Gasteiger partial charge is 0.493 e. The number of halogens is 1. The van der Waals surface area contributed by atoms with Crippen molar-refractivity contribution in [1.29, 1.82) is 0 Å². The monoisotopic (exact) mass is 494 g/mol. The van der Waals surface area contributed by atoms with E-state index in [1.54, 1.807) is 18.2 Å². The third-order valence-corrected chi connectivity index (χ3v) is 7.52. The summed E-state index contributed by atoms with van der Waals surface area (Å²) < 4.78 is 55.7. The van der Waals surface area contributed by atoms with Crippen molar-refractivity contribution in [3.05, 3.63) is 53.8 Å². The normalized spacial score (nSPS) is 14.4. The molecule has 1 aliphatic heterocycles. The van der Waals surface area contributed by atoms with Crippen molar-refractivity contribution in [3.63, 3.8) is 0 Å². The Labute approximate surface area is 200 Å². The molecule has 2 aromatic carbocycles. The van der Waals surface area contributed by atoms with Gasteiger partial charge in [0, 0.05) is 25.7 Å². The molecule has 1 saturated heterocycles. The molecule has 0 radical (unpaired) electrons. The molecule has 0 aromatic heterocycles. The fourth-order valence-electron chi connectivity index (χ4n) is 3.71. The van der Waals surface area contributed by atoms with Crippen LogP contribution in [0.4, 0.5) is 4.39 Å². The van der Waals surface area contributed by atoms with Crippen LogP contribution in [0.5, 0.6) is 11.5 Å². The lowest BCUT2D eigenvalue weighted by atomic mass is 9.96. The number of ether oxygens (including phenoxy) is 3. The van der Waals surface area contributed by atoms with Crippen molar-refractivity contribution in [2.45, 2.75) is 30.8 Å². The fraction of sp³-hybridized carbons (Fsp3) is 0.458. The minimum absolute atomic E-state index is 0.0526. The van der Waals surface area contributed by atoms with Crippen molar-refractivity contribution in [1.82, 2.24) is 9.62 Å². The molecular formula is C24H31FN2O6S. The number of benzene rings is 2. The van der Waals surface area contributed by atoms with Gasteiger partial charge in [0.05, 0.1) is 25.7 Å². The minimum atomic E-state index is -3.56. The van der Waals surface area contributed by atoms with Gasteiger partial charge in [-0.3, -0.25) is 4.79 Å². The number of hydrogen-bond acceptors (Lipinski definition) is 6. The van der Waals surface area contributed by atoms with Gasteiger partial charge in [0.2, 0.25) is 15.9 Å². The highest BCUT2D eigenvalue weighted by molar-refractivity contribution is 7.89. The Morgan fingerprint density at radius 1 is 1.06 bits per heavy atom. The third-order valence-electron chi connectivity index (χ3n) is 5.69. The van der Waals surface area contributed by atoms with Crippen LogP contribution in [0.1, 0.15) is 24.8 Å². The zero-order valence-corrected chi connectivity index (χ0v) is 20.3. The number of sulfonamides is 1. The summed E-state index contributed by atoms with van der Waals surface area (Å²) in [4.78, 5) is 12.0. The molecule has 1 amide bonds. The van der Waals surface area contributed by atoms with E-state index in [0.717, 1.165) is 24.8 Å². The molecule has 34 heavy (non-hydrogen) atoms. The van der Waals surface area contributed by atoms with Crippen LogP contribution in [0.25, 0.3) is 0 Å². The summed E-state index contributed by atoms with van der Waals surface area (Å²) in [6.07, 6.45) is 2.60. The first-order chi connectivity index (χ1) is 16.3. The van der Waals surface area contributed by atoms with Crippen molar-refractivity contribution >= 4 is 15.9 Å². The van der Waals surface area contributed by atoms with E-state index in [0.29, 0.717) is 37.1 Å². The van der Waals surface area contributed by atoms with Gasteiger partial charge >= 0.3 is 0 Å². The first kappa shape index (κ1) is 25.9. The predicted molar refractivity (Wildman–Crippen MR) is 125 cm³/mol. The molecule has 8 nitrogen and oxygen atoms in total. The lowest BCUT2D eigenvalue weighted by Crippen LogP contribution is -2.49. The zero-order valence-electron chi connectivity index (χ0n) is 19.5. The Balaban J connectivity index is 1.29. The van der Waals surface area contributed by atoms with Gasteiger partial charge in [-0.15, -0.1) is 0 Å². The molecule has 186 valence electrons. The molecule has 0 unspecified atom stereocenters. The molecule has 0 saturated carbocycles. The van der Waals surface area contributed by atoms with Crippen LogP contribution in [-0.4, -0.2) is 59.1 Å². The molecule has 10 heteroatoms. The Bertz CT molecular complexity index is 1060. The number of carbonyl (C=O) groups is 1. The molecule has 0 atom stereocenters. The SMILES string of the molecule is COc1ccc(S(=O)(=O)N2CC(CCCCNC(=O)COCc3ccc(F)cc3)C2)cc1OC. The van der Waals surface area contributed by atoms with Crippen LogP contribution < -0.4 is 14.8 Å². The Morgan fingerprint density at radius 3 is 2.44 bits per heavy atom. The number of rotatable bonds is 13. The van der Waals surface area contributed by atoms with Crippen molar-refractivity contribution in [3.8, 4) is 11.5 Å². The first-order valence-electron chi connectivity index (χ1n) is 11.1. The van der Waals surface area contributed by atoms with Crippen LogP contribution in [-0.2, 0) is 26.2 Å². The predicted octanol–water partition coefficient (Wildman–Crippen LogP) is 2.97. The van der Waals surface area contributed by atoms with Gasteiger partial charge in [0.25, 0.3) is 0 Å². The van der Waals surface area contributed by atoms with E-state index in [1.807, 2.05) is 0 Å². The standard InChI is InChI=1S/C24H31FN2O6S/c1-31-22-11-10-21(13-23(22)32-2)34(29,30)27-14-19(15-27)5-3-4-12-26-24(28)17-33-16-18-6-8-20(25)9-7-18/h6-11,13,19H,3-5,12,14-17H2,1-2H3,(H,26,28). The van der Waals surface area contributed by atoms with Crippen molar-refractivity contribution in [2.75, 3.05) is 40.5 Å². The van der Waals surface area contributed by atoms with E-state index < -0.39 is 10.0 Å². The van der Waals surface area contributed by atoms with Gasteiger partial charge < -0.3 is 19.5 Å². The molecular weight excluding hydrogens is 463 g/mol. The summed E-state index contributed by atoms with van der Waals surface area (Å²) >= 11 is 0. The third kappa shape index (κ3) is 6.91. The molecule has 1 aliphatic rings. The van der Waals surface area contributed by atoms with E-state index in [-0.39, 0.29) is 29.8 Å². The maximum Gasteiger partial charge on any atom is 0.246 e. The fourth-order valence-corrected chi connectivity index (χ4v) is 5.31. The average molecular weight is 495 g/mol. The van der Waals surface area contributed by atoms with E-state index in [1.165, 1.54) is 42.8 Å². The Morgan fingerprint density at radius 2 is 1.76 bits per heavy atom. The van der Waals surface area contributed by atoms with E-state index in [9.17, 15) is 17.6 Å². The molecule has 1 N–H and O–H groups in total. The van der Waals surface area contributed by atoms with E-state index >= 15 is 0 Å². The van der Waals surface area contributed by atoms with Crippen LogP contribution >= 0.6 is 0 Å². The zero-order chi connectivity index (χ0) is 24.6. The number of amides is 1. The molecule has 1 heterocycles. The summed E-state index contributed by atoms with van der Waals surface area (Å²) in [5, 5.41) is 2.81. The van der Waals surface area contributed by atoms with Gasteiger partial charge in [-0.25, -0.2) is 12.8 Å². The second-order valence-electron chi connectivity index (χ2n) is 8.17. The number of carbonyl (C=O) groups excluding carboxylic acids is 1. The van der Waals surface area contributed by atoms with Gasteiger partial charge in [-0.1, -0.05) is 18.6 Å². The van der Waals surface area contributed by atoms with Crippen molar-refractivity contribution in [2.24, 2.45) is 5.92 Å². The maximum absolute atomic E-state index is 12.9. The first-order valence-corrected chi connectivity index (χ1v) is 12.6. The number of nitrogens with one attached hydrogen (secondary N) is 1. The topological polar surface area (TPSA) is 94.2 Å². The molecule has 0 spiro atoms.